The van der Waals surface area contributed by atoms with Crippen molar-refractivity contribution in [2.24, 2.45) is 4.99 Å². The largest absolute Gasteiger partial charge is 0.497 e. The molecule has 0 spiro atoms. The van der Waals surface area contributed by atoms with Crippen molar-refractivity contribution in [2.45, 2.75) is 32.3 Å². The summed E-state index contributed by atoms with van der Waals surface area (Å²) < 4.78 is 16.6. The van der Waals surface area contributed by atoms with Gasteiger partial charge in [-0.3, -0.25) is 4.99 Å². The highest BCUT2D eigenvalue weighted by molar-refractivity contribution is 5.80. The number of aliphatic imine (C=N–C) groups is 1. The standard InChI is InChI=1S/C22H36N4O3/c1-3-23-22(24-11-4-16-29-21-9-17-28-18-10-21)26-14-12-25(13-15-26)19-5-7-20(27-2)8-6-19/h5-8,21H,3-4,9-18H2,1-2H3,(H,23,24). The monoisotopic (exact) mass is 404 g/mol. The van der Waals surface area contributed by atoms with Gasteiger partial charge in [0, 0.05) is 64.8 Å². The van der Waals surface area contributed by atoms with E-state index in [0.29, 0.717) is 6.10 Å². The van der Waals surface area contributed by atoms with Crippen LogP contribution in [0.25, 0.3) is 0 Å². The van der Waals surface area contributed by atoms with Gasteiger partial charge >= 0.3 is 0 Å². The summed E-state index contributed by atoms with van der Waals surface area (Å²) in [5, 5.41) is 3.45. The van der Waals surface area contributed by atoms with Crippen molar-refractivity contribution in [2.75, 3.05) is 71.1 Å². The molecule has 0 amide bonds. The van der Waals surface area contributed by atoms with Gasteiger partial charge in [0.25, 0.3) is 0 Å². The Bertz CT molecular complexity index is 609. The predicted octanol–water partition coefficient (Wildman–Crippen LogP) is 2.37. The average Bonchev–Trinajstić information content (AvgIpc) is 2.79. The fraction of sp³-hybridized carbons (Fsp3) is 0.682. The van der Waals surface area contributed by atoms with E-state index in [1.807, 2.05) is 12.1 Å². The number of ether oxygens (including phenoxy) is 3. The summed E-state index contributed by atoms with van der Waals surface area (Å²) >= 11 is 0. The molecule has 3 rings (SSSR count). The number of hydrogen-bond acceptors (Lipinski definition) is 5. The number of anilines is 1. The van der Waals surface area contributed by atoms with Gasteiger partial charge in [-0.05, 0) is 50.5 Å². The highest BCUT2D eigenvalue weighted by Crippen LogP contribution is 2.20. The van der Waals surface area contributed by atoms with E-state index in [4.69, 9.17) is 19.2 Å². The summed E-state index contributed by atoms with van der Waals surface area (Å²) in [4.78, 5) is 9.61. The number of rotatable bonds is 8. The van der Waals surface area contributed by atoms with Crippen LogP contribution in [0.1, 0.15) is 26.2 Å². The highest BCUT2D eigenvalue weighted by atomic mass is 16.5. The lowest BCUT2D eigenvalue weighted by atomic mass is 10.1. The zero-order chi connectivity index (χ0) is 20.3. The minimum absolute atomic E-state index is 0.368. The van der Waals surface area contributed by atoms with Crippen LogP contribution in [-0.4, -0.2) is 83.2 Å². The van der Waals surface area contributed by atoms with Gasteiger partial charge in [-0.25, -0.2) is 0 Å². The van der Waals surface area contributed by atoms with Crippen LogP contribution in [0.15, 0.2) is 29.3 Å². The maximum atomic E-state index is 5.95. The van der Waals surface area contributed by atoms with Crippen LogP contribution < -0.4 is 15.0 Å². The van der Waals surface area contributed by atoms with E-state index in [9.17, 15) is 0 Å². The van der Waals surface area contributed by atoms with Gasteiger partial charge in [0.15, 0.2) is 5.96 Å². The van der Waals surface area contributed by atoms with Crippen LogP contribution >= 0.6 is 0 Å². The van der Waals surface area contributed by atoms with Gasteiger partial charge in [-0.1, -0.05) is 0 Å². The molecule has 1 aromatic carbocycles. The summed E-state index contributed by atoms with van der Waals surface area (Å²) in [6.07, 6.45) is 3.36. The second-order valence-corrected chi connectivity index (χ2v) is 7.44. The molecule has 0 bridgehead atoms. The lowest BCUT2D eigenvalue weighted by Gasteiger charge is -2.37. The van der Waals surface area contributed by atoms with Crippen molar-refractivity contribution < 1.29 is 14.2 Å². The molecule has 7 nitrogen and oxygen atoms in total. The summed E-state index contributed by atoms with van der Waals surface area (Å²) in [5.41, 5.74) is 1.25. The number of nitrogens with zero attached hydrogens (tertiary/aromatic N) is 3. The minimum Gasteiger partial charge on any atom is -0.497 e. The smallest absolute Gasteiger partial charge is 0.194 e. The number of piperazine rings is 1. The zero-order valence-corrected chi connectivity index (χ0v) is 17.9. The summed E-state index contributed by atoms with van der Waals surface area (Å²) in [7, 11) is 1.70. The second-order valence-electron chi connectivity index (χ2n) is 7.44. The number of benzene rings is 1. The molecule has 2 aliphatic rings. The Morgan fingerprint density at radius 1 is 1.14 bits per heavy atom. The fourth-order valence-electron chi connectivity index (χ4n) is 3.74. The molecule has 1 N–H and O–H groups in total. The molecule has 0 atom stereocenters. The second kappa shape index (κ2) is 11.9. The van der Waals surface area contributed by atoms with Crippen LogP contribution in [-0.2, 0) is 9.47 Å². The van der Waals surface area contributed by atoms with Crippen LogP contribution in [0, 0.1) is 0 Å². The molecule has 7 heteroatoms. The average molecular weight is 405 g/mol. The van der Waals surface area contributed by atoms with E-state index in [1.165, 1.54) is 5.69 Å². The topological polar surface area (TPSA) is 58.6 Å². The molecule has 0 aromatic heterocycles. The molecule has 2 saturated heterocycles. The van der Waals surface area contributed by atoms with E-state index in [0.717, 1.165) is 90.1 Å². The molecular formula is C22H36N4O3. The Kier molecular flexibility index (Phi) is 8.89. The van der Waals surface area contributed by atoms with Crippen LogP contribution in [0.3, 0.4) is 0 Å². The lowest BCUT2D eigenvalue weighted by Crippen LogP contribution is -2.52. The molecule has 0 aliphatic carbocycles. The molecule has 2 heterocycles. The quantitative estimate of drug-likeness (QED) is 0.408. The Hall–Kier alpha value is -1.99. The Morgan fingerprint density at radius 2 is 1.86 bits per heavy atom. The molecule has 2 aliphatic heterocycles. The van der Waals surface area contributed by atoms with Crippen molar-refractivity contribution in [3.63, 3.8) is 0 Å². The number of methoxy groups -OCH3 is 1. The van der Waals surface area contributed by atoms with Gasteiger partial charge in [0.2, 0.25) is 0 Å². The molecule has 162 valence electrons. The number of hydrogen-bond donors (Lipinski definition) is 1. The Labute approximate surface area is 175 Å². The van der Waals surface area contributed by atoms with Crippen LogP contribution in [0.5, 0.6) is 5.75 Å². The molecular weight excluding hydrogens is 368 g/mol. The molecule has 0 unspecified atom stereocenters. The third-order valence-corrected chi connectivity index (χ3v) is 5.44. The maximum absolute atomic E-state index is 5.95. The van der Waals surface area contributed by atoms with Crippen LogP contribution in [0.4, 0.5) is 5.69 Å². The molecule has 29 heavy (non-hydrogen) atoms. The molecule has 0 saturated carbocycles. The first-order chi connectivity index (χ1) is 14.3. The number of nitrogens with one attached hydrogen (secondary N) is 1. The minimum atomic E-state index is 0.368. The first-order valence-corrected chi connectivity index (χ1v) is 10.9. The third kappa shape index (κ3) is 6.78. The van der Waals surface area contributed by atoms with Crippen molar-refractivity contribution >= 4 is 11.6 Å². The van der Waals surface area contributed by atoms with E-state index in [1.54, 1.807) is 7.11 Å². The Morgan fingerprint density at radius 3 is 2.52 bits per heavy atom. The van der Waals surface area contributed by atoms with Gasteiger partial charge in [-0.2, -0.15) is 0 Å². The molecule has 2 fully saturated rings. The first kappa shape index (κ1) is 21.7. The van der Waals surface area contributed by atoms with Gasteiger partial charge in [-0.15, -0.1) is 0 Å². The third-order valence-electron chi connectivity index (χ3n) is 5.44. The van der Waals surface area contributed by atoms with Gasteiger partial charge in [0.1, 0.15) is 5.75 Å². The van der Waals surface area contributed by atoms with Gasteiger partial charge in [0.05, 0.1) is 13.2 Å². The number of guanidine groups is 1. The van der Waals surface area contributed by atoms with Crippen molar-refractivity contribution in [3.8, 4) is 5.75 Å². The first-order valence-electron chi connectivity index (χ1n) is 10.9. The SMILES string of the molecule is CCNC(=NCCCOC1CCOCC1)N1CCN(c2ccc(OC)cc2)CC1. The lowest BCUT2D eigenvalue weighted by molar-refractivity contribution is -0.0318. The van der Waals surface area contributed by atoms with Crippen molar-refractivity contribution in [3.05, 3.63) is 24.3 Å². The van der Waals surface area contributed by atoms with E-state index in [-0.39, 0.29) is 0 Å². The van der Waals surface area contributed by atoms with Crippen LogP contribution in [0.2, 0.25) is 0 Å². The normalized spacial score (nSPS) is 18.8. The van der Waals surface area contributed by atoms with E-state index in [2.05, 4.69) is 34.2 Å². The van der Waals surface area contributed by atoms with Crippen molar-refractivity contribution in [1.82, 2.24) is 10.2 Å². The van der Waals surface area contributed by atoms with E-state index < -0.39 is 0 Å². The predicted molar refractivity (Wildman–Crippen MR) is 117 cm³/mol. The summed E-state index contributed by atoms with van der Waals surface area (Å²) in [5.74, 6) is 1.92. The zero-order valence-electron chi connectivity index (χ0n) is 17.9. The summed E-state index contributed by atoms with van der Waals surface area (Å²) in [6, 6.07) is 8.31. The van der Waals surface area contributed by atoms with Gasteiger partial charge < -0.3 is 29.3 Å². The molecule has 0 radical (unpaired) electrons. The summed E-state index contributed by atoms with van der Waals surface area (Å²) in [6.45, 7) is 10.2. The van der Waals surface area contributed by atoms with Crippen molar-refractivity contribution in [1.29, 1.82) is 0 Å². The fourth-order valence-corrected chi connectivity index (χ4v) is 3.74. The van der Waals surface area contributed by atoms with E-state index >= 15 is 0 Å². The maximum Gasteiger partial charge on any atom is 0.194 e. The molecule has 1 aromatic rings. The highest BCUT2D eigenvalue weighted by Gasteiger charge is 2.20. The Balaban J connectivity index is 1.42.